The van der Waals surface area contributed by atoms with Crippen LogP contribution in [0.1, 0.15) is 32.1 Å². The molecule has 3 fully saturated rings. The maximum absolute atomic E-state index is 4.86. The second-order valence-electron chi connectivity index (χ2n) is 5.01. The molecule has 0 saturated carbocycles. The van der Waals surface area contributed by atoms with Crippen LogP contribution in [0.5, 0.6) is 0 Å². The van der Waals surface area contributed by atoms with Gasteiger partial charge in [-0.2, -0.15) is 0 Å². The number of fused-ring (bicyclic) bond motifs is 2. The molecule has 79 valence electrons. The van der Waals surface area contributed by atoms with Gasteiger partial charge in [0.2, 0.25) is 0 Å². The minimum atomic E-state index is 0.217. The first kappa shape index (κ1) is 9.13. The first-order valence-electron chi connectivity index (χ1n) is 6.06. The molecule has 3 saturated heterocycles. The predicted octanol–water partition coefficient (Wildman–Crippen LogP) is 0.539. The van der Waals surface area contributed by atoms with Crippen LogP contribution in [-0.2, 0) is 0 Å². The molecule has 0 aromatic rings. The van der Waals surface area contributed by atoms with Crippen molar-refractivity contribution in [2.75, 3.05) is 26.2 Å². The van der Waals surface area contributed by atoms with Crippen molar-refractivity contribution in [2.24, 2.45) is 0 Å². The largest absolute Gasteiger partial charge is 0.309 e. The molecule has 0 aromatic heterocycles. The molecule has 0 aliphatic carbocycles. The SMILES string of the molecule is C1CCCN(C23CNC(C[N]2)C3)CC1. The number of hydrogen-bond acceptors (Lipinski definition) is 2. The molecule has 3 heteroatoms. The summed E-state index contributed by atoms with van der Waals surface area (Å²) in [6.45, 7) is 4.71. The van der Waals surface area contributed by atoms with Gasteiger partial charge < -0.3 is 5.32 Å². The topological polar surface area (TPSA) is 29.4 Å². The van der Waals surface area contributed by atoms with Crippen molar-refractivity contribution in [3.8, 4) is 0 Å². The zero-order chi connectivity index (χ0) is 9.43. The molecule has 14 heavy (non-hydrogen) atoms. The van der Waals surface area contributed by atoms with Crippen LogP contribution in [0, 0.1) is 0 Å². The van der Waals surface area contributed by atoms with Gasteiger partial charge in [-0.15, -0.1) is 0 Å². The smallest absolute Gasteiger partial charge is 0.101 e. The van der Waals surface area contributed by atoms with Crippen LogP contribution in [0.2, 0.25) is 0 Å². The third-order valence-corrected chi connectivity index (χ3v) is 4.05. The highest BCUT2D eigenvalue weighted by Gasteiger charge is 2.49. The molecule has 3 nitrogen and oxygen atoms in total. The summed E-state index contributed by atoms with van der Waals surface area (Å²) >= 11 is 0. The maximum atomic E-state index is 4.86. The highest BCUT2D eigenvalue weighted by atomic mass is 15.4. The van der Waals surface area contributed by atoms with Gasteiger partial charge in [-0.05, 0) is 32.4 Å². The van der Waals surface area contributed by atoms with Crippen LogP contribution >= 0.6 is 0 Å². The second-order valence-corrected chi connectivity index (χ2v) is 5.01. The quantitative estimate of drug-likeness (QED) is 0.660. The van der Waals surface area contributed by atoms with E-state index < -0.39 is 0 Å². The van der Waals surface area contributed by atoms with Gasteiger partial charge in [0.05, 0.1) is 0 Å². The molecule has 0 aromatic carbocycles. The molecule has 3 rings (SSSR count). The van der Waals surface area contributed by atoms with E-state index in [-0.39, 0.29) is 5.66 Å². The molecule has 0 spiro atoms. The lowest BCUT2D eigenvalue weighted by Crippen LogP contribution is -2.57. The van der Waals surface area contributed by atoms with Crippen molar-refractivity contribution in [1.29, 1.82) is 0 Å². The summed E-state index contributed by atoms with van der Waals surface area (Å²) in [4.78, 5) is 2.65. The van der Waals surface area contributed by atoms with Crippen LogP contribution in [-0.4, -0.2) is 42.8 Å². The molecule has 3 heterocycles. The second kappa shape index (κ2) is 3.47. The van der Waals surface area contributed by atoms with Crippen LogP contribution in [0.25, 0.3) is 0 Å². The van der Waals surface area contributed by atoms with Gasteiger partial charge in [-0.25, -0.2) is 5.32 Å². The van der Waals surface area contributed by atoms with Crippen LogP contribution in [0.4, 0.5) is 0 Å². The number of hydrogen-bond donors (Lipinski definition) is 1. The minimum Gasteiger partial charge on any atom is -0.309 e. The summed E-state index contributed by atoms with van der Waals surface area (Å²) in [7, 11) is 0. The van der Waals surface area contributed by atoms with Crippen molar-refractivity contribution < 1.29 is 0 Å². The number of likely N-dealkylation sites (tertiary alicyclic amines) is 1. The summed E-state index contributed by atoms with van der Waals surface area (Å²) in [5.41, 5.74) is 0.217. The van der Waals surface area contributed by atoms with Crippen LogP contribution in [0.3, 0.4) is 0 Å². The Labute approximate surface area is 86.2 Å². The Hall–Kier alpha value is -0.120. The fourth-order valence-corrected chi connectivity index (χ4v) is 3.20. The van der Waals surface area contributed by atoms with E-state index in [9.17, 15) is 0 Å². The van der Waals surface area contributed by atoms with Gasteiger partial charge >= 0.3 is 0 Å². The van der Waals surface area contributed by atoms with E-state index in [0.717, 1.165) is 13.1 Å². The summed E-state index contributed by atoms with van der Waals surface area (Å²) in [6.07, 6.45) is 6.86. The Balaban J connectivity index is 1.73. The molecule has 1 N–H and O–H groups in total. The average Bonchev–Trinajstić information content (AvgIpc) is 2.70. The van der Waals surface area contributed by atoms with Crippen molar-refractivity contribution in [1.82, 2.24) is 15.5 Å². The molecular weight excluding hydrogens is 174 g/mol. The van der Waals surface area contributed by atoms with Gasteiger partial charge in [0.25, 0.3) is 0 Å². The van der Waals surface area contributed by atoms with Crippen molar-refractivity contribution in [2.45, 2.75) is 43.8 Å². The molecule has 3 aliphatic rings. The van der Waals surface area contributed by atoms with E-state index in [2.05, 4.69) is 10.2 Å². The number of nitrogens with one attached hydrogen (secondary N) is 1. The third kappa shape index (κ3) is 1.38. The number of nitrogens with zero attached hydrogens (tertiary/aromatic N) is 2. The van der Waals surface area contributed by atoms with Crippen molar-refractivity contribution in [3.63, 3.8) is 0 Å². The van der Waals surface area contributed by atoms with Crippen LogP contribution in [0.15, 0.2) is 0 Å². The molecule has 0 amide bonds. The summed E-state index contributed by atoms with van der Waals surface area (Å²) < 4.78 is 0. The number of piperazine rings is 1. The summed E-state index contributed by atoms with van der Waals surface area (Å²) in [5.74, 6) is 0. The average molecular weight is 194 g/mol. The Bertz CT molecular complexity index is 201. The van der Waals surface area contributed by atoms with E-state index in [1.54, 1.807) is 0 Å². The standard InChI is InChI=1S/C11H20N3/c1-2-4-6-14(5-3-1)11-7-10(8-13-11)12-9-11/h10,12H,1-9H2. The molecule has 2 atom stereocenters. The summed E-state index contributed by atoms with van der Waals surface area (Å²) in [5, 5.41) is 8.44. The third-order valence-electron chi connectivity index (χ3n) is 4.05. The Morgan fingerprint density at radius 3 is 2.43 bits per heavy atom. The fourth-order valence-electron chi connectivity index (χ4n) is 3.20. The molecule has 2 unspecified atom stereocenters. The Morgan fingerprint density at radius 2 is 1.93 bits per heavy atom. The first-order valence-corrected chi connectivity index (χ1v) is 6.06. The maximum Gasteiger partial charge on any atom is 0.101 e. The molecule has 2 bridgehead atoms. The Kier molecular flexibility index (Phi) is 2.26. The lowest BCUT2D eigenvalue weighted by atomic mass is 10.1. The lowest BCUT2D eigenvalue weighted by molar-refractivity contribution is 0.0845. The molecular formula is C11H20N3. The van der Waals surface area contributed by atoms with Gasteiger partial charge in [-0.1, -0.05) is 12.8 Å². The number of rotatable bonds is 1. The van der Waals surface area contributed by atoms with Gasteiger partial charge in [-0.3, -0.25) is 4.90 Å². The minimum absolute atomic E-state index is 0.217. The van der Waals surface area contributed by atoms with Gasteiger partial charge in [0.15, 0.2) is 0 Å². The van der Waals surface area contributed by atoms with Crippen LogP contribution < -0.4 is 10.6 Å². The van der Waals surface area contributed by atoms with E-state index in [4.69, 9.17) is 5.32 Å². The lowest BCUT2D eigenvalue weighted by Gasteiger charge is -2.38. The van der Waals surface area contributed by atoms with Crippen molar-refractivity contribution >= 4 is 0 Å². The highest BCUT2D eigenvalue weighted by Crippen LogP contribution is 2.32. The van der Waals surface area contributed by atoms with E-state index in [0.29, 0.717) is 6.04 Å². The van der Waals surface area contributed by atoms with E-state index in [1.807, 2.05) is 0 Å². The zero-order valence-corrected chi connectivity index (χ0v) is 8.84. The fraction of sp³-hybridized carbons (Fsp3) is 1.00. The first-order chi connectivity index (χ1) is 6.89. The normalized spacial score (nSPS) is 44.1. The molecule has 3 aliphatic heterocycles. The Morgan fingerprint density at radius 1 is 1.14 bits per heavy atom. The van der Waals surface area contributed by atoms with Gasteiger partial charge in [0.1, 0.15) is 5.66 Å². The van der Waals surface area contributed by atoms with Crippen molar-refractivity contribution in [3.05, 3.63) is 0 Å². The predicted molar refractivity (Wildman–Crippen MR) is 56.2 cm³/mol. The van der Waals surface area contributed by atoms with Gasteiger partial charge in [0, 0.05) is 19.1 Å². The monoisotopic (exact) mass is 194 g/mol. The summed E-state index contributed by atoms with van der Waals surface area (Å²) in [6, 6.07) is 0.693. The van der Waals surface area contributed by atoms with E-state index in [1.165, 1.54) is 45.2 Å². The van der Waals surface area contributed by atoms with E-state index >= 15 is 0 Å². The highest BCUT2D eigenvalue weighted by molar-refractivity contribution is 5.06. The zero-order valence-electron chi connectivity index (χ0n) is 8.84. The molecule has 1 radical (unpaired) electrons.